The maximum absolute atomic E-state index is 12.3. The standard InChI is InChI=1S/C19H23N5O2/c1-4-24(5-2)18-9-7-14(11-20-18)12-21-19(25)16-10-15(22-23-16)17-8-6-13(3)26-17/h6-11H,4-5,12H2,1-3H3,(H,21,25)(H,22,23). The van der Waals surface area contributed by atoms with Crippen molar-refractivity contribution < 1.29 is 9.21 Å². The Balaban J connectivity index is 1.59. The highest BCUT2D eigenvalue weighted by atomic mass is 16.3. The molecule has 7 nitrogen and oxygen atoms in total. The third kappa shape index (κ3) is 3.93. The lowest BCUT2D eigenvalue weighted by atomic mass is 10.2. The Hall–Kier alpha value is -3.09. The van der Waals surface area contributed by atoms with Gasteiger partial charge in [-0.05, 0) is 44.5 Å². The predicted molar refractivity (Wildman–Crippen MR) is 100.0 cm³/mol. The van der Waals surface area contributed by atoms with Gasteiger partial charge in [-0.2, -0.15) is 5.10 Å². The normalized spacial score (nSPS) is 10.7. The van der Waals surface area contributed by atoms with Gasteiger partial charge < -0.3 is 14.6 Å². The van der Waals surface area contributed by atoms with E-state index in [0.29, 0.717) is 23.7 Å². The van der Waals surface area contributed by atoms with E-state index in [0.717, 1.165) is 30.2 Å². The molecular weight excluding hydrogens is 330 g/mol. The molecule has 0 bridgehead atoms. The second-order valence-corrected chi connectivity index (χ2v) is 5.96. The molecule has 0 fully saturated rings. The monoisotopic (exact) mass is 353 g/mol. The molecule has 0 unspecified atom stereocenters. The number of nitrogens with one attached hydrogen (secondary N) is 2. The fourth-order valence-corrected chi connectivity index (χ4v) is 2.67. The summed E-state index contributed by atoms with van der Waals surface area (Å²) in [5, 5.41) is 9.74. The molecule has 0 aliphatic heterocycles. The van der Waals surface area contributed by atoms with Crippen molar-refractivity contribution in [2.24, 2.45) is 0 Å². The second kappa shape index (κ2) is 7.86. The van der Waals surface area contributed by atoms with Gasteiger partial charge in [0.2, 0.25) is 0 Å². The van der Waals surface area contributed by atoms with Crippen molar-refractivity contribution in [3.63, 3.8) is 0 Å². The van der Waals surface area contributed by atoms with Crippen molar-refractivity contribution >= 4 is 11.7 Å². The first kappa shape index (κ1) is 17.7. The zero-order chi connectivity index (χ0) is 18.5. The van der Waals surface area contributed by atoms with Gasteiger partial charge in [-0.15, -0.1) is 0 Å². The van der Waals surface area contributed by atoms with E-state index in [2.05, 4.69) is 39.2 Å². The van der Waals surface area contributed by atoms with Gasteiger partial charge in [0, 0.05) is 31.9 Å². The highest BCUT2D eigenvalue weighted by molar-refractivity contribution is 5.93. The fraction of sp³-hybridized carbons (Fsp3) is 0.316. The minimum Gasteiger partial charge on any atom is -0.460 e. The molecule has 0 atom stereocenters. The zero-order valence-corrected chi connectivity index (χ0v) is 15.2. The summed E-state index contributed by atoms with van der Waals surface area (Å²) in [5.74, 6) is 2.16. The molecule has 0 spiro atoms. The summed E-state index contributed by atoms with van der Waals surface area (Å²) in [6, 6.07) is 9.33. The average molecular weight is 353 g/mol. The first-order valence-corrected chi connectivity index (χ1v) is 8.71. The summed E-state index contributed by atoms with van der Waals surface area (Å²) < 4.78 is 5.53. The average Bonchev–Trinajstić information content (AvgIpc) is 3.31. The van der Waals surface area contributed by atoms with Crippen LogP contribution < -0.4 is 10.2 Å². The fourth-order valence-electron chi connectivity index (χ4n) is 2.67. The van der Waals surface area contributed by atoms with Crippen molar-refractivity contribution in [2.45, 2.75) is 27.3 Å². The minimum atomic E-state index is -0.247. The van der Waals surface area contributed by atoms with Gasteiger partial charge in [0.05, 0.1) is 0 Å². The number of aromatic amines is 1. The molecule has 3 aromatic heterocycles. The number of rotatable bonds is 7. The number of aryl methyl sites for hydroxylation is 1. The van der Waals surface area contributed by atoms with Crippen molar-refractivity contribution in [1.29, 1.82) is 0 Å². The number of carbonyl (C=O) groups excluding carboxylic acids is 1. The van der Waals surface area contributed by atoms with Crippen LogP contribution in [0.15, 0.2) is 40.9 Å². The first-order valence-electron chi connectivity index (χ1n) is 8.71. The minimum absolute atomic E-state index is 0.247. The molecule has 3 rings (SSSR count). The van der Waals surface area contributed by atoms with Crippen LogP contribution in [0.3, 0.4) is 0 Å². The quantitative estimate of drug-likeness (QED) is 0.681. The number of furan rings is 1. The molecule has 136 valence electrons. The Labute approximate surface area is 152 Å². The lowest BCUT2D eigenvalue weighted by Gasteiger charge is -2.19. The first-order chi connectivity index (χ1) is 12.6. The summed E-state index contributed by atoms with van der Waals surface area (Å²) in [6.45, 7) is 8.29. The van der Waals surface area contributed by atoms with Crippen LogP contribution in [-0.4, -0.2) is 34.2 Å². The van der Waals surface area contributed by atoms with Crippen LogP contribution in [0.4, 0.5) is 5.82 Å². The van der Waals surface area contributed by atoms with Crippen LogP contribution in [0.2, 0.25) is 0 Å². The van der Waals surface area contributed by atoms with E-state index in [-0.39, 0.29) is 5.91 Å². The van der Waals surface area contributed by atoms with Crippen LogP contribution >= 0.6 is 0 Å². The largest absolute Gasteiger partial charge is 0.460 e. The number of anilines is 1. The molecule has 0 aromatic carbocycles. The van der Waals surface area contributed by atoms with E-state index in [4.69, 9.17) is 4.42 Å². The predicted octanol–water partition coefficient (Wildman–Crippen LogP) is 3.15. The van der Waals surface area contributed by atoms with Crippen LogP contribution in [-0.2, 0) is 6.54 Å². The number of hydrogen-bond acceptors (Lipinski definition) is 5. The summed E-state index contributed by atoms with van der Waals surface area (Å²) in [7, 11) is 0. The highest BCUT2D eigenvalue weighted by Crippen LogP contribution is 2.20. The van der Waals surface area contributed by atoms with E-state index in [9.17, 15) is 4.79 Å². The highest BCUT2D eigenvalue weighted by Gasteiger charge is 2.13. The van der Waals surface area contributed by atoms with Crippen LogP contribution in [0.5, 0.6) is 0 Å². The maximum Gasteiger partial charge on any atom is 0.272 e. The van der Waals surface area contributed by atoms with Gasteiger partial charge in [0.15, 0.2) is 11.5 Å². The third-order valence-electron chi connectivity index (χ3n) is 4.17. The van der Waals surface area contributed by atoms with E-state index in [1.54, 1.807) is 12.3 Å². The lowest BCUT2D eigenvalue weighted by molar-refractivity contribution is 0.0946. The lowest BCUT2D eigenvalue weighted by Crippen LogP contribution is -2.24. The van der Waals surface area contributed by atoms with Crippen LogP contribution in [0.25, 0.3) is 11.5 Å². The molecule has 0 aliphatic carbocycles. The van der Waals surface area contributed by atoms with Gasteiger partial charge >= 0.3 is 0 Å². The summed E-state index contributed by atoms with van der Waals surface area (Å²) in [6.07, 6.45) is 1.79. The number of aromatic nitrogens is 3. The Morgan fingerprint density at radius 3 is 2.65 bits per heavy atom. The summed E-state index contributed by atoms with van der Waals surface area (Å²) in [4.78, 5) is 18.9. The molecule has 0 radical (unpaired) electrons. The number of hydrogen-bond donors (Lipinski definition) is 2. The number of H-pyrrole nitrogens is 1. The van der Waals surface area contributed by atoms with Gasteiger partial charge in [0.25, 0.3) is 5.91 Å². The van der Waals surface area contributed by atoms with Gasteiger partial charge in [-0.1, -0.05) is 6.07 Å². The zero-order valence-electron chi connectivity index (χ0n) is 15.2. The van der Waals surface area contributed by atoms with E-state index in [1.807, 2.05) is 31.2 Å². The van der Waals surface area contributed by atoms with Gasteiger partial charge in [-0.3, -0.25) is 9.89 Å². The number of carbonyl (C=O) groups is 1. The number of nitrogens with zero attached hydrogens (tertiary/aromatic N) is 3. The molecular formula is C19H23N5O2. The Bertz CT molecular complexity index is 862. The Morgan fingerprint density at radius 1 is 1.23 bits per heavy atom. The van der Waals surface area contributed by atoms with E-state index in [1.165, 1.54) is 0 Å². The van der Waals surface area contributed by atoms with Crippen molar-refractivity contribution in [3.8, 4) is 11.5 Å². The molecule has 0 aliphatic rings. The molecule has 7 heteroatoms. The van der Waals surface area contributed by atoms with E-state index < -0.39 is 0 Å². The Kier molecular flexibility index (Phi) is 5.36. The summed E-state index contributed by atoms with van der Waals surface area (Å²) >= 11 is 0. The smallest absolute Gasteiger partial charge is 0.272 e. The van der Waals surface area contributed by atoms with Crippen LogP contribution in [0.1, 0.15) is 35.7 Å². The Morgan fingerprint density at radius 2 is 2.04 bits per heavy atom. The molecule has 2 N–H and O–H groups in total. The van der Waals surface area contributed by atoms with Gasteiger partial charge in [-0.25, -0.2) is 4.98 Å². The van der Waals surface area contributed by atoms with Crippen molar-refractivity contribution in [3.05, 3.63) is 53.5 Å². The SMILES string of the molecule is CCN(CC)c1ccc(CNC(=O)c2cc(-c3ccc(C)o3)[nH]n2)cn1. The maximum atomic E-state index is 12.3. The molecule has 0 saturated carbocycles. The van der Waals surface area contributed by atoms with Gasteiger partial charge in [0.1, 0.15) is 17.3 Å². The molecule has 3 aromatic rings. The topological polar surface area (TPSA) is 87.0 Å². The number of amides is 1. The molecule has 26 heavy (non-hydrogen) atoms. The molecule has 0 saturated heterocycles. The summed E-state index contributed by atoms with van der Waals surface area (Å²) in [5.41, 5.74) is 1.93. The molecule has 1 amide bonds. The second-order valence-electron chi connectivity index (χ2n) is 5.96. The van der Waals surface area contributed by atoms with Crippen LogP contribution in [0, 0.1) is 6.92 Å². The van der Waals surface area contributed by atoms with Crippen molar-refractivity contribution in [2.75, 3.05) is 18.0 Å². The third-order valence-corrected chi connectivity index (χ3v) is 4.17. The van der Waals surface area contributed by atoms with Crippen molar-refractivity contribution in [1.82, 2.24) is 20.5 Å². The number of pyridine rings is 1. The van der Waals surface area contributed by atoms with E-state index >= 15 is 0 Å². The molecule has 3 heterocycles.